The average Bonchev–Trinajstić information content (AvgIpc) is 2.99. The summed E-state index contributed by atoms with van der Waals surface area (Å²) in [7, 11) is 1.91. The molecule has 1 unspecified atom stereocenters. The van der Waals surface area contributed by atoms with Crippen molar-refractivity contribution in [1.82, 2.24) is 14.9 Å². The molecule has 0 spiro atoms. The topological polar surface area (TPSA) is 46.9 Å². The van der Waals surface area contributed by atoms with Crippen LogP contribution >= 0.6 is 34.2 Å². The lowest BCUT2D eigenvalue weighted by Crippen LogP contribution is -2.31. The fraction of sp³-hybridized carbons (Fsp3) is 0.111. The maximum Gasteiger partial charge on any atom is 0.252 e. The van der Waals surface area contributed by atoms with E-state index in [1.165, 1.54) is 0 Å². The van der Waals surface area contributed by atoms with Gasteiger partial charge in [0.05, 0.1) is 0 Å². The molecule has 3 aromatic rings. The number of aryl methyl sites for hydroxylation is 1. The van der Waals surface area contributed by atoms with Gasteiger partial charge in [0.25, 0.3) is 5.91 Å². The van der Waals surface area contributed by atoms with Crippen LogP contribution in [0.5, 0.6) is 0 Å². The van der Waals surface area contributed by atoms with Crippen LogP contribution in [0.2, 0.25) is 5.02 Å². The molecule has 4 nitrogen and oxygen atoms in total. The number of hydrogen-bond donors (Lipinski definition) is 1. The molecule has 1 atom stereocenters. The number of rotatable bonds is 4. The molecule has 0 saturated heterocycles. The highest BCUT2D eigenvalue weighted by Gasteiger charge is 2.21. The number of carbonyl (C=O) groups excluding carboxylic acids is 1. The third-order valence-corrected chi connectivity index (χ3v) is 4.61. The summed E-state index contributed by atoms with van der Waals surface area (Å²) >= 11 is 8.17. The van der Waals surface area contributed by atoms with E-state index in [9.17, 15) is 4.79 Å². The van der Waals surface area contributed by atoms with E-state index in [0.29, 0.717) is 10.6 Å². The highest BCUT2D eigenvalue weighted by atomic mass is 127. The van der Waals surface area contributed by atoms with Gasteiger partial charge in [0.2, 0.25) is 0 Å². The van der Waals surface area contributed by atoms with Gasteiger partial charge in [-0.05, 0) is 58.5 Å². The van der Waals surface area contributed by atoms with Gasteiger partial charge < -0.3 is 9.88 Å². The lowest BCUT2D eigenvalue weighted by atomic mass is 10.1. The second-order valence-corrected chi connectivity index (χ2v) is 7.05. The van der Waals surface area contributed by atoms with Gasteiger partial charge in [-0.15, -0.1) is 0 Å². The van der Waals surface area contributed by atoms with Crippen LogP contribution < -0.4 is 5.32 Å². The van der Waals surface area contributed by atoms with E-state index in [2.05, 4.69) is 32.9 Å². The van der Waals surface area contributed by atoms with E-state index >= 15 is 0 Å². The summed E-state index contributed by atoms with van der Waals surface area (Å²) in [6.45, 7) is 0. The van der Waals surface area contributed by atoms with E-state index in [1.807, 2.05) is 60.3 Å². The Balaban J connectivity index is 1.95. The Morgan fingerprint density at radius 2 is 2.00 bits per heavy atom. The fourth-order valence-electron chi connectivity index (χ4n) is 2.45. The molecule has 0 aliphatic rings. The predicted octanol–water partition coefficient (Wildman–Crippen LogP) is 4.20. The second-order valence-electron chi connectivity index (χ2n) is 5.36. The largest absolute Gasteiger partial charge is 0.338 e. The van der Waals surface area contributed by atoms with Crippen molar-refractivity contribution in [3.8, 4) is 0 Å². The molecular weight excluding hydrogens is 437 g/mol. The summed E-state index contributed by atoms with van der Waals surface area (Å²) in [6, 6.07) is 14.5. The van der Waals surface area contributed by atoms with Gasteiger partial charge in [-0.2, -0.15) is 0 Å². The molecule has 0 aliphatic carbocycles. The van der Waals surface area contributed by atoms with Crippen LogP contribution in [0.15, 0.2) is 60.9 Å². The van der Waals surface area contributed by atoms with Crippen LogP contribution in [0.3, 0.4) is 0 Å². The Kier molecular flexibility index (Phi) is 5.20. The third-order valence-electron chi connectivity index (χ3n) is 3.68. The second kappa shape index (κ2) is 7.36. The van der Waals surface area contributed by atoms with Crippen LogP contribution in [-0.2, 0) is 7.05 Å². The molecule has 1 N–H and O–H groups in total. The predicted molar refractivity (Wildman–Crippen MR) is 103 cm³/mol. The molecule has 0 saturated carbocycles. The number of halogens is 2. The number of amides is 1. The van der Waals surface area contributed by atoms with Gasteiger partial charge in [-0.25, -0.2) is 4.98 Å². The zero-order chi connectivity index (χ0) is 17.1. The minimum atomic E-state index is -0.354. The Labute approximate surface area is 159 Å². The number of hydrogen-bond acceptors (Lipinski definition) is 2. The molecule has 122 valence electrons. The summed E-state index contributed by atoms with van der Waals surface area (Å²) in [5.74, 6) is 0.618. The number of nitrogens with one attached hydrogen (secondary N) is 1. The van der Waals surface area contributed by atoms with Gasteiger partial charge in [-0.1, -0.05) is 29.8 Å². The van der Waals surface area contributed by atoms with Gasteiger partial charge >= 0.3 is 0 Å². The Hall–Kier alpha value is -1.86. The van der Waals surface area contributed by atoms with E-state index in [0.717, 1.165) is 15.0 Å². The molecule has 3 rings (SSSR count). The molecule has 1 heterocycles. The Morgan fingerprint density at radius 3 is 2.62 bits per heavy atom. The fourth-order valence-corrected chi connectivity index (χ4v) is 3.12. The highest BCUT2D eigenvalue weighted by Crippen LogP contribution is 2.23. The first-order valence-electron chi connectivity index (χ1n) is 7.34. The van der Waals surface area contributed by atoms with Crippen molar-refractivity contribution in [3.63, 3.8) is 0 Å². The molecule has 0 radical (unpaired) electrons. The first-order chi connectivity index (χ1) is 11.5. The first kappa shape index (κ1) is 17.0. The third kappa shape index (κ3) is 3.79. The molecule has 1 amide bonds. The van der Waals surface area contributed by atoms with E-state index < -0.39 is 0 Å². The minimum Gasteiger partial charge on any atom is -0.338 e. The lowest BCUT2D eigenvalue weighted by molar-refractivity contribution is 0.0941. The SMILES string of the molecule is Cn1ccnc1C(NC(=O)c1cccc(I)c1)c1ccc(Cl)cc1. The van der Waals surface area contributed by atoms with Crippen LogP contribution in [0.1, 0.15) is 27.8 Å². The van der Waals surface area contributed by atoms with Crippen molar-refractivity contribution < 1.29 is 4.79 Å². The van der Waals surface area contributed by atoms with Gasteiger partial charge in [0.15, 0.2) is 0 Å². The maximum absolute atomic E-state index is 12.7. The van der Waals surface area contributed by atoms with Gasteiger partial charge in [0.1, 0.15) is 11.9 Å². The highest BCUT2D eigenvalue weighted by molar-refractivity contribution is 14.1. The molecule has 0 aliphatic heterocycles. The van der Waals surface area contributed by atoms with Crippen molar-refractivity contribution in [3.05, 3.63) is 86.5 Å². The van der Waals surface area contributed by atoms with Crippen molar-refractivity contribution in [1.29, 1.82) is 0 Å². The lowest BCUT2D eigenvalue weighted by Gasteiger charge is -2.19. The van der Waals surface area contributed by atoms with Crippen molar-refractivity contribution in [2.24, 2.45) is 7.05 Å². The smallest absolute Gasteiger partial charge is 0.252 e. The van der Waals surface area contributed by atoms with Crippen LogP contribution in [0.25, 0.3) is 0 Å². The summed E-state index contributed by atoms with van der Waals surface area (Å²) in [4.78, 5) is 17.1. The number of nitrogens with zero attached hydrogens (tertiary/aromatic N) is 2. The zero-order valence-electron chi connectivity index (χ0n) is 12.9. The Bertz CT molecular complexity index is 861. The molecule has 24 heavy (non-hydrogen) atoms. The first-order valence-corrected chi connectivity index (χ1v) is 8.79. The monoisotopic (exact) mass is 451 g/mol. The number of carbonyl (C=O) groups is 1. The average molecular weight is 452 g/mol. The Morgan fingerprint density at radius 1 is 1.25 bits per heavy atom. The number of benzene rings is 2. The summed E-state index contributed by atoms with van der Waals surface area (Å²) < 4.78 is 2.91. The number of aromatic nitrogens is 2. The summed E-state index contributed by atoms with van der Waals surface area (Å²) in [6.07, 6.45) is 3.58. The van der Waals surface area contributed by atoms with E-state index in [-0.39, 0.29) is 11.9 Å². The molecule has 0 bridgehead atoms. The molecule has 1 aromatic heterocycles. The van der Waals surface area contributed by atoms with Crippen molar-refractivity contribution in [2.45, 2.75) is 6.04 Å². The molecule has 0 fully saturated rings. The van der Waals surface area contributed by atoms with E-state index in [4.69, 9.17) is 11.6 Å². The minimum absolute atomic E-state index is 0.142. The van der Waals surface area contributed by atoms with Gasteiger partial charge in [0, 0.05) is 33.6 Å². The maximum atomic E-state index is 12.7. The zero-order valence-corrected chi connectivity index (χ0v) is 15.8. The summed E-state index contributed by atoms with van der Waals surface area (Å²) in [5.41, 5.74) is 1.54. The normalized spacial score (nSPS) is 12.0. The van der Waals surface area contributed by atoms with Gasteiger partial charge in [-0.3, -0.25) is 4.79 Å². The van der Waals surface area contributed by atoms with Crippen molar-refractivity contribution in [2.75, 3.05) is 0 Å². The van der Waals surface area contributed by atoms with Crippen LogP contribution in [-0.4, -0.2) is 15.5 Å². The van der Waals surface area contributed by atoms with Crippen LogP contribution in [0, 0.1) is 3.57 Å². The quantitative estimate of drug-likeness (QED) is 0.605. The van der Waals surface area contributed by atoms with Crippen LogP contribution in [0.4, 0.5) is 0 Å². The van der Waals surface area contributed by atoms with Crippen molar-refractivity contribution >= 4 is 40.1 Å². The molecular formula is C18H15ClIN3O. The number of imidazole rings is 1. The standard InChI is InChI=1S/C18H15ClIN3O/c1-23-10-9-21-17(23)16(12-5-7-14(19)8-6-12)22-18(24)13-3-2-4-15(20)11-13/h2-11,16H,1H3,(H,22,24). The van der Waals surface area contributed by atoms with E-state index in [1.54, 1.807) is 12.3 Å². The summed E-state index contributed by atoms with van der Waals surface area (Å²) in [5, 5.41) is 3.72. The molecule has 2 aromatic carbocycles. The molecule has 6 heteroatoms.